The van der Waals surface area contributed by atoms with Gasteiger partial charge in [0.05, 0.1) is 0 Å². The van der Waals surface area contributed by atoms with Crippen LogP contribution < -0.4 is 5.32 Å². The highest BCUT2D eigenvalue weighted by Gasteiger charge is 2.21. The molecule has 1 aliphatic heterocycles. The second-order valence-electron chi connectivity index (χ2n) is 6.04. The molecule has 2 heteroatoms. The second kappa shape index (κ2) is 6.02. The first-order chi connectivity index (χ1) is 7.74. The maximum atomic E-state index is 3.79. The Bertz CT molecular complexity index is 199. The summed E-state index contributed by atoms with van der Waals surface area (Å²) in [7, 11) is 2.23. The van der Waals surface area contributed by atoms with Crippen LogP contribution in [-0.2, 0) is 0 Å². The summed E-state index contributed by atoms with van der Waals surface area (Å²) in [4.78, 5) is 2.43. The summed E-state index contributed by atoms with van der Waals surface area (Å²) in [5, 5.41) is 3.79. The van der Waals surface area contributed by atoms with Crippen molar-refractivity contribution in [2.24, 2.45) is 5.92 Å². The lowest BCUT2D eigenvalue weighted by atomic mass is 9.99. The van der Waals surface area contributed by atoms with Crippen molar-refractivity contribution >= 4 is 0 Å². The maximum absolute atomic E-state index is 3.79. The molecule has 0 amide bonds. The minimum atomic E-state index is 0.720. The van der Waals surface area contributed by atoms with Crippen LogP contribution >= 0.6 is 0 Å². The molecule has 2 unspecified atom stereocenters. The largest absolute Gasteiger partial charge is 0.310 e. The highest BCUT2D eigenvalue weighted by molar-refractivity contribution is 4.81. The number of nitrogens with zero attached hydrogens (tertiary/aromatic N) is 1. The van der Waals surface area contributed by atoms with E-state index in [1.54, 1.807) is 0 Å². The standard InChI is InChI=1S/C14H28N2/c1-12(7-8-13-5-3-4-6-13)15-14-9-10-16(2)11-14/h12-15H,3-11H2,1-2H3. The van der Waals surface area contributed by atoms with Crippen LogP contribution in [0, 0.1) is 5.92 Å². The Morgan fingerprint density at radius 3 is 2.62 bits per heavy atom. The van der Waals surface area contributed by atoms with Crippen molar-refractivity contribution in [3.63, 3.8) is 0 Å². The molecule has 1 saturated carbocycles. The minimum Gasteiger partial charge on any atom is -0.310 e. The Morgan fingerprint density at radius 1 is 1.25 bits per heavy atom. The molecular weight excluding hydrogens is 196 g/mol. The van der Waals surface area contributed by atoms with Gasteiger partial charge < -0.3 is 10.2 Å². The lowest BCUT2D eigenvalue weighted by molar-refractivity contribution is 0.364. The molecule has 2 atom stereocenters. The van der Waals surface area contributed by atoms with E-state index in [4.69, 9.17) is 0 Å². The van der Waals surface area contributed by atoms with E-state index in [1.165, 1.54) is 58.0 Å². The first kappa shape index (κ1) is 12.4. The summed E-state index contributed by atoms with van der Waals surface area (Å²) in [6.07, 6.45) is 10.1. The molecule has 2 aliphatic rings. The molecule has 0 radical (unpaired) electrons. The molecule has 0 aromatic heterocycles. The van der Waals surface area contributed by atoms with Crippen molar-refractivity contribution < 1.29 is 0 Å². The fourth-order valence-electron chi connectivity index (χ4n) is 3.34. The number of hydrogen-bond donors (Lipinski definition) is 1. The number of rotatable bonds is 5. The van der Waals surface area contributed by atoms with Crippen LogP contribution in [0.25, 0.3) is 0 Å². The second-order valence-corrected chi connectivity index (χ2v) is 6.04. The van der Waals surface area contributed by atoms with Gasteiger partial charge in [0.1, 0.15) is 0 Å². The Morgan fingerprint density at radius 2 is 2.00 bits per heavy atom. The van der Waals surface area contributed by atoms with Crippen LogP contribution in [-0.4, -0.2) is 37.1 Å². The molecule has 0 bridgehead atoms. The minimum absolute atomic E-state index is 0.720. The molecule has 1 heterocycles. The molecule has 0 aromatic rings. The van der Waals surface area contributed by atoms with E-state index in [9.17, 15) is 0 Å². The molecule has 0 aromatic carbocycles. The van der Waals surface area contributed by atoms with Gasteiger partial charge >= 0.3 is 0 Å². The van der Waals surface area contributed by atoms with E-state index < -0.39 is 0 Å². The van der Waals surface area contributed by atoms with Crippen molar-refractivity contribution in [2.75, 3.05) is 20.1 Å². The summed E-state index contributed by atoms with van der Waals surface area (Å²) < 4.78 is 0. The van der Waals surface area contributed by atoms with Gasteiger partial charge in [-0.15, -0.1) is 0 Å². The molecule has 2 nitrogen and oxygen atoms in total. The van der Waals surface area contributed by atoms with Gasteiger partial charge in [0.15, 0.2) is 0 Å². The summed E-state index contributed by atoms with van der Waals surface area (Å²) in [6, 6.07) is 1.47. The van der Waals surface area contributed by atoms with Gasteiger partial charge in [-0.1, -0.05) is 25.7 Å². The van der Waals surface area contributed by atoms with Crippen LogP contribution in [0.2, 0.25) is 0 Å². The van der Waals surface area contributed by atoms with Gasteiger partial charge in [-0.05, 0) is 45.7 Å². The molecule has 0 spiro atoms. The zero-order valence-corrected chi connectivity index (χ0v) is 11.0. The summed E-state index contributed by atoms with van der Waals surface area (Å²) >= 11 is 0. The predicted octanol–water partition coefficient (Wildman–Crippen LogP) is 2.64. The first-order valence-electron chi connectivity index (χ1n) is 7.18. The normalized spacial score (nSPS) is 30.0. The number of likely N-dealkylation sites (tertiary alicyclic amines) is 1. The van der Waals surface area contributed by atoms with Crippen LogP contribution in [0.5, 0.6) is 0 Å². The summed E-state index contributed by atoms with van der Waals surface area (Å²) in [5.41, 5.74) is 0. The zero-order valence-electron chi connectivity index (χ0n) is 11.0. The monoisotopic (exact) mass is 224 g/mol. The van der Waals surface area contributed by atoms with Crippen molar-refractivity contribution in [2.45, 2.75) is 64.0 Å². The highest BCUT2D eigenvalue weighted by atomic mass is 15.2. The van der Waals surface area contributed by atoms with Gasteiger partial charge in [-0.25, -0.2) is 0 Å². The number of nitrogens with one attached hydrogen (secondary N) is 1. The molecule has 2 rings (SSSR count). The Balaban J connectivity index is 1.58. The van der Waals surface area contributed by atoms with Gasteiger partial charge in [-0.2, -0.15) is 0 Å². The Labute approximate surface area is 101 Å². The third-order valence-corrected chi connectivity index (χ3v) is 4.39. The quantitative estimate of drug-likeness (QED) is 0.772. The lowest BCUT2D eigenvalue weighted by Crippen LogP contribution is -2.38. The fraction of sp³-hybridized carbons (Fsp3) is 1.00. The average Bonchev–Trinajstić information content (AvgIpc) is 2.87. The molecule has 1 N–H and O–H groups in total. The molecule has 94 valence electrons. The summed E-state index contributed by atoms with van der Waals surface area (Å²) in [6.45, 7) is 4.88. The van der Waals surface area contributed by atoms with Crippen molar-refractivity contribution in [1.82, 2.24) is 10.2 Å². The maximum Gasteiger partial charge on any atom is 0.0209 e. The third kappa shape index (κ3) is 3.74. The van der Waals surface area contributed by atoms with E-state index in [0.717, 1.165) is 18.0 Å². The molecular formula is C14H28N2. The van der Waals surface area contributed by atoms with E-state index in [1.807, 2.05) is 0 Å². The molecule has 2 fully saturated rings. The van der Waals surface area contributed by atoms with Crippen LogP contribution in [0.4, 0.5) is 0 Å². The molecule has 1 saturated heterocycles. The van der Waals surface area contributed by atoms with E-state index in [2.05, 4.69) is 24.2 Å². The zero-order chi connectivity index (χ0) is 11.4. The Kier molecular flexibility index (Phi) is 4.66. The predicted molar refractivity (Wildman–Crippen MR) is 69.7 cm³/mol. The van der Waals surface area contributed by atoms with Gasteiger partial charge in [0, 0.05) is 18.6 Å². The van der Waals surface area contributed by atoms with Gasteiger partial charge in [0.25, 0.3) is 0 Å². The topological polar surface area (TPSA) is 15.3 Å². The number of hydrogen-bond acceptors (Lipinski definition) is 2. The average molecular weight is 224 g/mol. The number of likely N-dealkylation sites (N-methyl/N-ethyl adjacent to an activating group) is 1. The van der Waals surface area contributed by atoms with Crippen molar-refractivity contribution in [1.29, 1.82) is 0 Å². The lowest BCUT2D eigenvalue weighted by Gasteiger charge is -2.20. The van der Waals surface area contributed by atoms with Crippen LogP contribution in [0.1, 0.15) is 51.9 Å². The van der Waals surface area contributed by atoms with E-state index >= 15 is 0 Å². The molecule has 1 aliphatic carbocycles. The smallest absolute Gasteiger partial charge is 0.0209 e. The first-order valence-corrected chi connectivity index (χ1v) is 7.18. The van der Waals surface area contributed by atoms with Crippen molar-refractivity contribution in [3.8, 4) is 0 Å². The Hall–Kier alpha value is -0.0800. The summed E-state index contributed by atoms with van der Waals surface area (Å²) in [5.74, 6) is 1.05. The van der Waals surface area contributed by atoms with Crippen LogP contribution in [0.3, 0.4) is 0 Å². The van der Waals surface area contributed by atoms with E-state index in [0.29, 0.717) is 0 Å². The highest BCUT2D eigenvalue weighted by Crippen LogP contribution is 2.29. The third-order valence-electron chi connectivity index (χ3n) is 4.39. The van der Waals surface area contributed by atoms with Gasteiger partial charge in [0.2, 0.25) is 0 Å². The van der Waals surface area contributed by atoms with Crippen molar-refractivity contribution in [3.05, 3.63) is 0 Å². The van der Waals surface area contributed by atoms with Crippen LogP contribution in [0.15, 0.2) is 0 Å². The van der Waals surface area contributed by atoms with E-state index in [-0.39, 0.29) is 0 Å². The fourth-order valence-corrected chi connectivity index (χ4v) is 3.34. The van der Waals surface area contributed by atoms with Gasteiger partial charge in [-0.3, -0.25) is 0 Å². The SMILES string of the molecule is CC(CCC1CCCC1)NC1CCN(C)C1. The molecule has 16 heavy (non-hydrogen) atoms.